The first-order chi connectivity index (χ1) is 10.7. The van der Waals surface area contributed by atoms with Gasteiger partial charge in [-0.15, -0.1) is 0 Å². The van der Waals surface area contributed by atoms with E-state index in [4.69, 9.17) is 4.74 Å². The fourth-order valence-electron chi connectivity index (χ4n) is 2.75. The van der Waals surface area contributed by atoms with Gasteiger partial charge in [0, 0.05) is 34.1 Å². The smallest absolute Gasteiger partial charge is 0.222 e. The zero-order valence-electron chi connectivity index (χ0n) is 12.4. The maximum atomic E-state index is 5.87. The van der Waals surface area contributed by atoms with Crippen LogP contribution in [0.25, 0.3) is 21.8 Å². The van der Waals surface area contributed by atoms with Crippen LogP contribution in [0.4, 0.5) is 0 Å². The van der Waals surface area contributed by atoms with Crippen molar-refractivity contribution in [3.05, 3.63) is 60.0 Å². The highest BCUT2D eigenvalue weighted by atomic mass is 16.5. The van der Waals surface area contributed by atoms with Crippen molar-refractivity contribution in [2.24, 2.45) is 0 Å². The van der Waals surface area contributed by atoms with Gasteiger partial charge in [0.15, 0.2) is 0 Å². The van der Waals surface area contributed by atoms with Crippen LogP contribution >= 0.6 is 0 Å². The maximum absolute atomic E-state index is 5.87. The average Bonchev–Trinajstić information content (AvgIpc) is 2.83. The fourth-order valence-corrected chi connectivity index (χ4v) is 2.75. The molecule has 0 atom stereocenters. The summed E-state index contributed by atoms with van der Waals surface area (Å²) in [5.41, 5.74) is 3.08. The predicted molar refractivity (Wildman–Crippen MR) is 87.4 cm³/mol. The molecule has 4 heteroatoms. The zero-order valence-corrected chi connectivity index (χ0v) is 12.4. The van der Waals surface area contributed by atoms with Crippen molar-refractivity contribution in [1.82, 2.24) is 15.0 Å². The number of nitrogens with zero attached hydrogens (tertiary/aromatic N) is 2. The highest BCUT2D eigenvalue weighted by Crippen LogP contribution is 2.29. The quantitative estimate of drug-likeness (QED) is 0.590. The molecular weight excluding hydrogens is 274 g/mol. The molecule has 0 bridgehead atoms. The SMILES string of the molecule is Cc1cc(Oc2ccc3c(c2)[nH]c2ccccc23)nc(C)n1. The molecule has 0 radical (unpaired) electrons. The maximum Gasteiger partial charge on any atom is 0.222 e. The first-order valence-electron chi connectivity index (χ1n) is 7.20. The number of fused-ring (bicyclic) bond motifs is 3. The van der Waals surface area contributed by atoms with E-state index >= 15 is 0 Å². The lowest BCUT2D eigenvalue weighted by molar-refractivity contribution is 0.459. The minimum absolute atomic E-state index is 0.570. The summed E-state index contributed by atoms with van der Waals surface area (Å²) in [6.07, 6.45) is 0. The molecule has 1 N–H and O–H groups in total. The predicted octanol–water partition coefficient (Wildman–Crippen LogP) is 4.52. The van der Waals surface area contributed by atoms with Gasteiger partial charge in [-0.25, -0.2) is 4.98 Å². The van der Waals surface area contributed by atoms with Crippen molar-refractivity contribution in [2.75, 3.05) is 0 Å². The van der Waals surface area contributed by atoms with Crippen LogP contribution in [-0.2, 0) is 0 Å². The summed E-state index contributed by atoms with van der Waals surface area (Å²) in [5, 5.41) is 2.41. The van der Waals surface area contributed by atoms with Crippen LogP contribution < -0.4 is 4.74 Å². The Labute approximate surface area is 127 Å². The first-order valence-corrected chi connectivity index (χ1v) is 7.20. The Morgan fingerprint density at radius 3 is 2.55 bits per heavy atom. The van der Waals surface area contributed by atoms with Crippen molar-refractivity contribution in [1.29, 1.82) is 0 Å². The molecule has 0 saturated carbocycles. The Bertz CT molecular complexity index is 968. The van der Waals surface area contributed by atoms with Gasteiger partial charge >= 0.3 is 0 Å². The molecule has 2 aromatic carbocycles. The Balaban J connectivity index is 1.77. The molecule has 22 heavy (non-hydrogen) atoms. The van der Waals surface area contributed by atoms with E-state index in [2.05, 4.69) is 33.2 Å². The van der Waals surface area contributed by atoms with Crippen LogP contribution in [0.2, 0.25) is 0 Å². The second kappa shape index (κ2) is 4.84. The third-order valence-electron chi connectivity index (χ3n) is 3.64. The summed E-state index contributed by atoms with van der Waals surface area (Å²) in [7, 11) is 0. The molecule has 0 amide bonds. The molecule has 0 aliphatic rings. The molecule has 0 aliphatic heterocycles. The molecule has 0 saturated heterocycles. The van der Waals surface area contributed by atoms with Gasteiger partial charge < -0.3 is 9.72 Å². The topological polar surface area (TPSA) is 50.8 Å². The van der Waals surface area contributed by atoms with Gasteiger partial charge in [0.2, 0.25) is 5.88 Å². The van der Waals surface area contributed by atoms with Gasteiger partial charge in [-0.2, -0.15) is 4.98 Å². The number of aromatic nitrogens is 3. The van der Waals surface area contributed by atoms with Crippen LogP contribution in [0.5, 0.6) is 11.6 Å². The van der Waals surface area contributed by atoms with E-state index in [0.717, 1.165) is 22.5 Å². The van der Waals surface area contributed by atoms with E-state index in [1.54, 1.807) is 0 Å². The summed E-state index contributed by atoms with van der Waals surface area (Å²) >= 11 is 0. The second-order valence-electron chi connectivity index (χ2n) is 5.37. The molecule has 4 nitrogen and oxygen atoms in total. The molecule has 108 valence electrons. The largest absolute Gasteiger partial charge is 0.439 e. The Kier molecular flexibility index (Phi) is 2.82. The third kappa shape index (κ3) is 2.19. The van der Waals surface area contributed by atoms with Crippen molar-refractivity contribution in [3.63, 3.8) is 0 Å². The third-order valence-corrected chi connectivity index (χ3v) is 3.64. The van der Waals surface area contributed by atoms with Gasteiger partial charge in [-0.1, -0.05) is 18.2 Å². The monoisotopic (exact) mass is 289 g/mol. The number of para-hydroxylation sites is 1. The van der Waals surface area contributed by atoms with E-state index in [1.807, 2.05) is 44.2 Å². The molecule has 2 aromatic heterocycles. The minimum Gasteiger partial charge on any atom is -0.439 e. The number of rotatable bonds is 2. The van der Waals surface area contributed by atoms with Crippen molar-refractivity contribution in [2.45, 2.75) is 13.8 Å². The number of hydrogen-bond acceptors (Lipinski definition) is 3. The number of ether oxygens (including phenoxy) is 1. The number of H-pyrrole nitrogens is 1. The highest BCUT2D eigenvalue weighted by Gasteiger charge is 2.07. The lowest BCUT2D eigenvalue weighted by atomic mass is 10.1. The van der Waals surface area contributed by atoms with Gasteiger partial charge in [-0.05, 0) is 32.0 Å². The van der Waals surface area contributed by atoms with Crippen molar-refractivity contribution in [3.8, 4) is 11.6 Å². The normalized spacial score (nSPS) is 11.2. The Hall–Kier alpha value is -2.88. The molecule has 0 spiro atoms. The van der Waals surface area contributed by atoms with Gasteiger partial charge in [0.25, 0.3) is 0 Å². The van der Waals surface area contributed by atoms with E-state index < -0.39 is 0 Å². The standard InChI is InChI=1S/C18H15N3O/c1-11-9-18(20-12(2)19-11)22-13-7-8-15-14-5-3-4-6-16(14)21-17(15)10-13/h3-10,21H,1-2H3. The molecule has 4 aromatic rings. The Morgan fingerprint density at radius 1 is 0.864 bits per heavy atom. The van der Waals surface area contributed by atoms with E-state index in [-0.39, 0.29) is 0 Å². The lowest BCUT2D eigenvalue weighted by Crippen LogP contribution is -1.94. The highest BCUT2D eigenvalue weighted by molar-refractivity contribution is 6.07. The van der Waals surface area contributed by atoms with Gasteiger partial charge in [-0.3, -0.25) is 0 Å². The first kappa shape index (κ1) is 12.8. The van der Waals surface area contributed by atoms with Gasteiger partial charge in [0.1, 0.15) is 11.6 Å². The number of aromatic amines is 1. The average molecular weight is 289 g/mol. The van der Waals surface area contributed by atoms with Crippen LogP contribution in [0, 0.1) is 13.8 Å². The molecular formula is C18H15N3O. The van der Waals surface area contributed by atoms with Crippen molar-refractivity contribution >= 4 is 21.8 Å². The lowest BCUT2D eigenvalue weighted by Gasteiger charge is -2.06. The molecule has 0 unspecified atom stereocenters. The van der Waals surface area contributed by atoms with Crippen LogP contribution in [0.3, 0.4) is 0 Å². The molecule has 0 fully saturated rings. The summed E-state index contributed by atoms with van der Waals surface area (Å²) in [5.74, 6) is 2.04. The summed E-state index contributed by atoms with van der Waals surface area (Å²) < 4.78 is 5.87. The van der Waals surface area contributed by atoms with Crippen LogP contribution in [-0.4, -0.2) is 15.0 Å². The molecule has 4 rings (SSSR count). The fraction of sp³-hybridized carbons (Fsp3) is 0.111. The minimum atomic E-state index is 0.570. The number of nitrogens with one attached hydrogen (secondary N) is 1. The molecule has 0 aliphatic carbocycles. The number of benzene rings is 2. The van der Waals surface area contributed by atoms with E-state index in [0.29, 0.717) is 11.7 Å². The summed E-state index contributed by atoms with van der Waals surface area (Å²) in [6, 6.07) is 16.1. The van der Waals surface area contributed by atoms with Crippen LogP contribution in [0.1, 0.15) is 11.5 Å². The van der Waals surface area contributed by atoms with Crippen molar-refractivity contribution < 1.29 is 4.74 Å². The number of hydrogen-bond donors (Lipinski definition) is 1. The summed E-state index contributed by atoms with van der Waals surface area (Å²) in [6.45, 7) is 3.79. The van der Waals surface area contributed by atoms with Crippen LogP contribution in [0.15, 0.2) is 48.5 Å². The van der Waals surface area contributed by atoms with E-state index in [9.17, 15) is 0 Å². The van der Waals surface area contributed by atoms with Gasteiger partial charge in [0.05, 0.1) is 5.52 Å². The molecule has 2 heterocycles. The van der Waals surface area contributed by atoms with E-state index in [1.165, 1.54) is 10.8 Å². The zero-order chi connectivity index (χ0) is 15.1. The number of aryl methyl sites for hydroxylation is 2. The summed E-state index contributed by atoms with van der Waals surface area (Å²) in [4.78, 5) is 12.0. The second-order valence-corrected chi connectivity index (χ2v) is 5.37. The Morgan fingerprint density at radius 2 is 1.68 bits per heavy atom.